The smallest absolute Gasteiger partial charge is 0.256 e. The van der Waals surface area contributed by atoms with Gasteiger partial charge in [0.25, 0.3) is 5.91 Å². The average molecular weight is 454 g/mol. The zero-order valence-electron chi connectivity index (χ0n) is 16.4. The van der Waals surface area contributed by atoms with Gasteiger partial charge in [-0.05, 0) is 18.2 Å². The third kappa shape index (κ3) is 5.07. The van der Waals surface area contributed by atoms with E-state index >= 15 is 0 Å². The second kappa shape index (κ2) is 9.67. The standard InChI is InChI=1S/C22H19N3O4S2/c1-2-10-23-18(26)12-30-22-24-19(14-6-4-3-5-7-14)21(31-22)25-20(27)15-8-9-16-17(11-15)29-13-28-16/h2-9,11H,1,10,12-13H2,(H,23,26)(H,25,27). The summed E-state index contributed by atoms with van der Waals surface area (Å²) in [6.45, 7) is 4.15. The molecule has 0 atom stereocenters. The molecule has 4 rings (SSSR count). The van der Waals surface area contributed by atoms with Crippen LogP contribution in [0.5, 0.6) is 11.5 Å². The Balaban J connectivity index is 1.55. The number of benzene rings is 2. The Bertz CT molecular complexity index is 1120. The summed E-state index contributed by atoms with van der Waals surface area (Å²) in [4.78, 5) is 29.4. The molecule has 1 aliphatic rings. The Kier molecular flexibility index (Phi) is 6.54. The van der Waals surface area contributed by atoms with Crippen molar-refractivity contribution < 1.29 is 19.1 Å². The predicted octanol–water partition coefficient (Wildman–Crippen LogP) is 4.19. The van der Waals surface area contributed by atoms with Gasteiger partial charge in [-0.2, -0.15) is 0 Å². The molecular weight excluding hydrogens is 434 g/mol. The molecule has 7 nitrogen and oxygen atoms in total. The van der Waals surface area contributed by atoms with Crippen molar-refractivity contribution in [1.82, 2.24) is 10.3 Å². The summed E-state index contributed by atoms with van der Waals surface area (Å²) in [5.41, 5.74) is 1.99. The van der Waals surface area contributed by atoms with Crippen molar-refractivity contribution >= 4 is 39.9 Å². The van der Waals surface area contributed by atoms with Crippen molar-refractivity contribution in [2.45, 2.75) is 4.34 Å². The highest BCUT2D eigenvalue weighted by Gasteiger charge is 2.20. The highest BCUT2D eigenvalue weighted by atomic mass is 32.2. The lowest BCUT2D eigenvalue weighted by atomic mass is 10.1. The van der Waals surface area contributed by atoms with E-state index < -0.39 is 0 Å². The zero-order chi connectivity index (χ0) is 21.6. The second-order valence-corrected chi connectivity index (χ2v) is 8.65. The highest BCUT2D eigenvalue weighted by molar-refractivity contribution is 8.01. The molecule has 31 heavy (non-hydrogen) atoms. The van der Waals surface area contributed by atoms with Crippen molar-refractivity contribution in [3.05, 3.63) is 66.7 Å². The highest BCUT2D eigenvalue weighted by Crippen LogP contribution is 2.38. The minimum Gasteiger partial charge on any atom is -0.454 e. The van der Waals surface area contributed by atoms with Crippen LogP contribution in [0.25, 0.3) is 11.3 Å². The number of rotatable bonds is 8. The summed E-state index contributed by atoms with van der Waals surface area (Å²) in [7, 11) is 0. The molecule has 0 saturated heterocycles. The first-order valence-electron chi connectivity index (χ1n) is 9.41. The summed E-state index contributed by atoms with van der Waals surface area (Å²) in [6, 6.07) is 14.6. The second-order valence-electron chi connectivity index (χ2n) is 6.43. The van der Waals surface area contributed by atoms with Gasteiger partial charge in [0, 0.05) is 17.7 Å². The van der Waals surface area contributed by atoms with Crippen molar-refractivity contribution in [1.29, 1.82) is 0 Å². The number of ether oxygens (including phenoxy) is 2. The first kappa shape index (κ1) is 21.0. The number of carbonyl (C=O) groups is 2. The zero-order valence-corrected chi connectivity index (χ0v) is 18.1. The maximum absolute atomic E-state index is 12.9. The SMILES string of the molecule is C=CCNC(=O)CSc1nc(-c2ccccc2)c(NC(=O)c2ccc3c(c2)OCO3)s1. The van der Waals surface area contributed by atoms with Gasteiger partial charge in [0.15, 0.2) is 15.8 Å². The Labute approximate surface area is 187 Å². The third-order valence-electron chi connectivity index (χ3n) is 4.29. The molecule has 9 heteroatoms. The van der Waals surface area contributed by atoms with Crippen LogP contribution in [0, 0.1) is 0 Å². The van der Waals surface area contributed by atoms with E-state index in [1.807, 2.05) is 30.3 Å². The third-order valence-corrected chi connectivity index (χ3v) is 6.40. The number of nitrogens with zero attached hydrogens (tertiary/aromatic N) is 1. The van der Waals surface area contributed by atoms with Crippen LogP contribution in [0.4, 0.5) is 5.00 Å². The first-order valence-corrected chi connectivity index (χ1v) is 11.2. The van der Waals surface area contributed by atoms with E-state index in [1.54, 1.807) is 24.3 Å². The van der Waals surface area contributed by atoms with Gasteiger partial charge in [0.05, 0.1) is 5.75 Å². The molecule has 158 valence electrons. The van der Waals surface area contributed by atoms with Crippen molar-refractivity contribution in [3.8, 4) is 22.8 Å². The number of carbonyl (C=O) groups excluding carboxylic acids is 2. The summed E-state index contributed by atoms with van der Waals surface area (Å²) >= 11 is 2.65. The molecule has 2 aromatic carbocycles. The number of hydrogen-bond acceptors (Lipinski definition) is 7. The van der Waals surface area contributed by atoms with Gasteiger partial charge in [-0.25, -0.2) is 4.98 Å². The number of aromatic nitrogens is 1. The van der Waals surface area contributed by atoms with E-state index in [4.69, 9.17) is 9.47 Å². The van der Waals surface area contributed by atoms with Gasteiger partial charge in [-0.3, -0.25) is 9.59 Å². The molecular formula is C22H19N3O4S2. The van der Waals surface area contributed by atoms with Crippen LogP contribution in [0.15, 0.2) is 65.5 Å². The van der Waals surface area contributed by atoms with Gasteiger partial charge >= 0.3 is 0 Å². The van der Waals surface area contributed by atoms with Gasteiger partial charge in [0.1, 0.15) is 10.7 Å². The fourth-order valence-corrected chi connectivity index (χ4v) is 4.71. The molecule has 0 fully saturated rings. The molecule has 0 radical (unpaired) electrons. The number of hydrogen-bond donors (Lipinski definition) is 2. The summed E-state index contributed by atoms with van der Waals surface area (Å²) < 4.78 is 11.3. The first-order chi connectivity index (χ1) is 15.1. The lowest BCUT2D eigenvalue weighted by molar-refractivity contribution is -0.118. The van der Waals surface area contributed by atoms with Crippen LogP contribution in [0.3, 0.4) is 0 Å². The van der Waals surface area contributed by atoms with E-state index in [9.17, 15) is 9.59 Å². The summed E-state index contributed by atoms with van der Waals surface area (Å²) in [5, 5.41) is 6.30. The summed E-state index contributed by atoms with van der Waals surface area (Å²) in [6.07, 6.45) is 1.63. The molecule has 2 N–H and O–H groups in total. The van der Waals surface area contributed by atoms with Crippen LogP contribution in [-0.4, -0.2) is 35.9 Å². The van der Waals surface area contributed by atoms with Crippen LogP contribution < -0.4 is 20.1 Å². The fourth-order valence-electron chi connectivity index (χ4n) is 2.82. The molecule has 2 amide bonds. The van der Waals surface area contributed by atoms with E-state index in [0.717, 1.165) is 5.56 Å². The topological polar surface area (TPSA) is 89.6 Å². The Hall–Kier alpha value is -3.30. The monoisotopic (exact) mass is 453 g/mol. The number of fused-ring (bicyclic) bond motifs is 1. The van der Waals surface area contributed by atoms with E-state index in [-0.39, 0.29) is 24.4 Å². The minimum absolute atomic E-state index is 0.104. The molecule has 1 aliphatic heterocycles. The average Bonchev–Trinajstić information content (AvgIpc) is 3.43. The number of amides is 2. The molecule has 0 spiro atoms. The van der Waals surface area contributed by atoms with Gasteiger partial charge in [-0.1, -0.05) is 59.5 Å². The molecule has 0 unspecified atom stereocenters. The molecule has 0 aliphatic carbocycles. The minimum atomic E-state index is -0.278. The normalized spacial score (nSPS) is 11.7. The number of anilines is 1. The Morgan fingerprint density at radius 2 is 1.97 bits per heavy atom. The number of thioether (sulfide) groups is 1. The van der Waals surface area contributed by atoms with Crippen LogP contribution in [0.1, 0.15) is 10.4 Å². The maximum Gasteiger partial charge on any atom is 0.256 e. The molecule has 3 aromatic rings. The van der Waals surface area contributed by atoms with Gasteiger partial charge < -0.3 is 20.1 Å². The van der Waals surface area contributed by atoms with Crippen molar-refractivity contribution in [2.75, 3.05) is 24.4 Å². The Morgan fingerprint density at radius 3 is 2.77 bits per heavy atom. The van der Waals surface area contributed by atoms with Gasteiger partial charge in [-0.15, -0.1) is 6.58 Å². The van der Waals surface area contributed by atoms with Crippen LogP contribution in [-0.2, 0) is 4.79 Å². The number of nitrogens with one attached hydrogen (secondary N) is 2. The quantitative estimate of drug-likeness (QED) is 0.393. The summed E-state index contributed by atoms with van der Waals surface area (Å²) in [5.74, 6) is 1.01. The number of thiazole rings is 1. The van der Waals surface area contributed by atoms with E-state index in [1.165, 1.54) is 23.1 Å². The molecule has 0 bridgehead atoms. The van der Waals surface area contributed by atoms with Crippen LogP contribution >= 0.6 is 23.1 Å². The Morgan fingerprint density at radius 1 is 1.16 bits per heavy atom. The molecule has 2 heterocycles. The lowest BCUT2D eigenvalue weighted by Gasteiger charge is -2.06. The van der Waals surface area contributed by atoms with Crippen LogP contribution in [0.2, 0.25) is 0 Å². The maximum atomic E-state index is 12.9. The van der Waals surface area contributed by atoms with E-state index in [2.05, 4.69) is 22.2 Å². The molecule has 1 aromatic heterocycles. The van der Waals surface area contributed by atoms with Gasteiger partial charge in [0.2, 0.25) is 12.7 Å². The largest absolute Gasteiger partial charge is 0.454 e. The van der Waals surface area contributed by atoms with E-state index in [0.29, 0.717) is 38.6 Å². The predicted molar refractivity (Wildman–Crippen MR) is 122 cm³/mol. The van der Waals surface area contributed by atoms with Crippen molar-refractivity contribution in [2.24, 2.45) is 0 Å². The lowest BCUT2D eigenvalue weighted by Crippen LogP contribution is -2.24. The molecule has 0 saturated carbocycles. The van der Waals surface area contributed by atoms with Crippen molar-refractivity contribution in [3.63, 3.8) is 0 Å². The fraction of sp³-hybridized carbons (Fsp3) is 0.136.